The van der Waals surface area contributed by atoms with Gasteiger partial charge in [0, 0.05) is 25.2 Å². The van der Waals surface area contributed by atoms with Crippen LogP contribution >= 0.6 is 0 Å². The van der Waals surface area contributed by atoms with Crippen LogP contribution in [0.3, 0.4) is 0 Å². The molecule has 8 rings (SSSR count). The maximum atomic E-state index is 13.6. The third-order valence-electron chi connectivity index (χ3n) is 10.1. The monoisotopic (exact) mass is 576 g/mol. The Kier molecular flexibility index (Phi) is 5.76. The number of hydrogen-bond acceptors (Lipinski definition) is 8. The van der Waals surface area contributed by atoms with E-state index in [9.17, 15) is 28.8 Å². The molecule has 6 aliphatic heterocycles. The van der Waals surface area contributed by atoms with E-state index in [-0.39, 0.29) is 47.3 Å². The minimum absolute atomic E-state index is 0.192. The van der Waals surface area contributed by atoms with Crippen LogP contribution in [-0.4, -0.2) is 82.3 Å². The quantitative estimate of drug-likeness (QED) is 0.474. The van der Waals surface area contributed by atoms with Gasteiger partial charge >= 0.3 is 0 Å². The van der Waals surface area contributed by atoms with Crippen LogP contribution in [0.1, 0.15) is 6.42 Å². The number of para-hydroxylation sites is 2. The van der Waals surface area contributed by atoms with Gasteiger partial charge in [0.2, 0.25) is 23.6 Å². The normalized spacial score (nSPS) is 34.6. The van der Waals surface area contributed by atoms with Crippen molar-refractivity contribution in [1.82, 2.24) is 9.80 Å². The van der Waals surface area contributed by atoms with Gasteiger partial charge in [0.25, 0.3) is 0 Å². The predicted octanol–water partition coefficient (Wildman–Crippen LogP) is 1.37. The molecule has 6 heterocycles. The molecule has 0 spiro atoms. The second kappa shape index (κ2) is 9.48. The van der Waals surface area contributed by atoms with Gasteiger partial charge in [0.1, 0.15) is 0 Å². The van der Waals surface area contributed by atoms with Gasteiger partial charge in [-0.2, -0.15) is 0 Å². The van der Waals surface area contributed by atoms with Gasteiger partial charge in [-0.05, 0) is 42.8 Å². The molecule has 4 bridgehead atoms. The molecule has 0 aromatic heterocycles. The minimum atomic E-state index is -0.755. The minimum Gasteiger partial charge on any atom is -0.293 e. The van der Waals surface area contributed by atoms with Crippen LogP contribution in [0, 0.1) is 23.7 Å². The summed E-state index contributed by atoms with van der Waals surface area (Å²) in [5.41, 5.74) is 1.01. The smallest absolute Gasteiger partial charge is 0.239 e. The fourth-order valence-corrected chi connectivity index (χ4v) is 8.40. The fraction of sp³-hybridized carbons (Fsp3) is 0.333. The Morgan fingerprint density at radius 2 is 0.860 bits per heavy atom. The number of nitrogens with zero attached hydrogens (tertiary/aromatic N) is 4. The van der Waals surface area contributed by atoms with E-state index in [1.807, 2.05) is 21.9 Å². The lowest BCUT2D eigenvalue weighted by atomic mass is 9.90. The zero-order chi connectivity index (χ0) is 29.6. The van der Waals surface area contributed by atoms with Gasteiger partial charge < -0.3 is 0 Å². The summed E-state index contributed by atoms with van der Waals surface area (Å²) in [5, 5.41) is 0. The largest absolute Gasteiger partial charge is 0.293 e. The highest BCUT2D eigenvalue weighted by Crippen LogP contribution is 2.48. The molecule has 0 radical (unpaired) electrons. The first-order chi connectivity index (χ1) is 20.9. The van der Waals surface area contributed by atoms with Crippen molar-refractivity contribution in [3.05, 3.63) is 85.0 Å². The van der Waals surface area contributed by atoms with Gasteiger partial charge in [-0.1, -0.05) is 48.6 Å². The number of ketones is 2. The molecule has 2 aromatic rings. The highest BCUT2D eigenvalue weighted by Gasteiger charge is 2.66. The Balaban J connectivity index is 1.01. The first kappa shape index (κ1) is 26.1. The molecule has 4 saturated heterocycles. The highest BCUT2D eigenvalue weighted by molar-refractivity contribution is 6.25. The second-order valence-electron chi connectivity index (χ2n) is 12.0. The number of amides is 4. The Hall–Kier alpha value is -4.54. The number of imide groups is 2. The van der Waals surface area contributed by atoms with Crippen molar-refractivity contribution in [3.63, 3.8) is 0 Å². The molecule has 0 N–H and O–H groups in total. The fourth-order valence-electron chi connectivity index (χ4n) is 8.40. The van der Waals surface area contributed by atoms with Crippen LogP contribution in [0.4, 0.5) is 11.4 Å². The Morgan fingerprint density at radius 1 is 0.488 bits per heavy atom. The second-order valence-corrected chi connectivity index (χ2v) is 12.0. The summed E-state index contributed by atoms with van der Waals surface area (Å²) < 4.78 is 0. The molecule has 216 valence electrons. The Morgan fingerprint density at radius 3 is 1.26 bits per heavy atom. The molecule has 4 amide bonds. The summed E-state index contributed by atoms with van der Waals surface area (Å²) in [6.07, 6.45) is 6.97. The van der Waals surface area contributed by atoms with Crippen molar-refractivity contribution in [3.8, 4) is 0 Å². The predicted molar refractivity (Wildman–Crippen MR) is 153 cm³/mol. The Bertz CT molecular complexity index is 1530. The van der Waals surface area contributed by atoms with Crippen molar-refractivity contribution in [2.24, 2.45) is 23.7 Å². The van der Waals surface area contributed by atoms with Crippen LogP contribution < -0.4 is 9.80 Å². The number of hydrogen-bond donors (Lipinski definition) is 0. The summed E-state index contributed by atoms with van der Waals surface area (Å²) in [4.78, 5) is 86.8. The van der Waals surface area contributed by atoms with Crippen LogP contribution in [0.5, 0.6) is 0 Å². The lowest BCUT2D eigenvalue weighted by molar-refractivity contribution is -0.129. The molecular weight excluding hydrogens is 548 g/mol. The molecular formula is C33H28N4O6. The van der Waals surface area contributed by atoms with Crippen LogP contribution in [0.2, 0.25) is 0 Å². The van der Waals surface area contributed by atoms with E-state index < -0.39 is 35.8 Å². The maximum Gasteiger partial charge on any atom is 0.239 e. The van der Waals surface area contributed by atoms with Gasteiger partial charge in [-0.3, -0.25) is 38.6 Å². The summed E-state index contributed by atoms with van der Waals surface area (Å²) in [6, 6.07) is 15.3. The van der Waals surface area contributed by atoms with Crippen molar-refractivity contribution < 1.29 is 28.8 Å². The van der Waals surface area contributed by atoms with E-state index in [0.717, 1.165) is 0 Å². The van der Waals surface area contributed by atoms with E-state index in [4.69, 9.17) is 0 Å². The molecule has 0 aliphatic carbocycles. The SMILES string of the molecule is O=C1C=CC2C3C(=O)N(c4ccccc4)C(=O)C3C1N2CCCN1C2C=CC(=O)C1C1C(=O)N(c3ccccc3)C(=O)C12. The third-order valence-corrected chi connectivity index (χ3v) is 10.1. The van der Waals surface area contributed by atoms with Gasteiger partial charge in [-0.15, -0.1) is 0 Å². The van der Waals surface area contributed by atoms with E-state index in [2.05, 4.69) is 0 Å². The molecule has 4 fully saturated rings. The molecule has 10 heteroatoms. The first-order valence-electron chi connectivity index (χ1n) is 14.7. The lowest BCUT2D eigenvalue weighted by Gasteiger charge is -2.36. The molecule has 2 aromatic carbocycles. The number of benzene rings is 2. The summed E-state index contributed by atoms with van der Waals surface area (Å²) in [7, 11) is 0. The van der Waals surface area contributed by atoms with E-state index >= 15 is 0 Å². The zero-order valence-electron chi connectivity index (χ0n) is 23.1. The topological polar surface area (TPSA) is 115 Å². The lowest BCUT2D eigenvalue weighted by Crippen LogP contribution is -2.51. The molecule has 0 saturated carbocycles. The van der Waals surface area contributed by atoms with Gasteiger partial charge in [0.05, 0.1) is 47.1 Å². The molecule has 43 heavy (non-hydrogen) atoms. The van der Waals surface area contributed by atoms with Crippen molar-refractivity contribution >= 4 is 46.6 Å². The molecule has 6 aliphatic rings. The number of carbonyl (C=O) groups excluding carboxylic acids is 6. The van der Waals surface area contributed by atoms with Crippen molar-refractivity contribution in [1.29, 1.82) is 0 Å². The number of anilines is 2. The number of fused-ring (bicyclic) bond motifs is 10. The van der Waals surface area contributed by atoms with Crippen molar-refractivity contribution in [2.75, 3.05) is 22.9 Å². The molecule has 8 unspecified atom stereocenters. The van der Waals surface area contributed by atoms with Crippen LogP contribution in [-0.2, 0) is 28.8 Å². The standard InChI is InChI=1S/C33H28N4O6/c38-22-14-12-20-24-26(32(42)36(30(24)40)18-8-3-1-4-9-18)28(22)34(20)16-7-17-35-21-13-15-23(39)29(35)27-25(21)31(41)37(33(27)43)19-10-5-2-6-11-19/h1-6,8-15,20-21,24-29H,7,16-17H2. The molecule has 10 nitrogen and oxygen atoms in total. The third kappa shape index (κ3) is 3.53. The zero-order valence-corrected chi connectivity index (χ0v) is 23.1. The van der Waals surface area contributed by atoms with E-state index in [1.54, 1.807) is 60.7 Å². The van der Waals surface area contributed by atoms with Crippen LogP contribution in [0.15, 0.2) is 85.0 Å². The first-order valence-corrected chi connectivity index (χ1v) is 14.7. The average molecular weight is 577 g/mol. The number of rotatable bonds is 6. The summed E-state index contributed by atoms with van der Waals surface area (Å²) in [5.74, 6) is -4.48. The highest BCUT2D eigenvalue weighted by atomic mass is 16.2. The van der Waals surface area contributed by atoms with E-state index in [1.165, 1.54) is 22.0 Å². The maximum absolute atomic E-state index is 13.6. The van der Waals surface area contributed by atoms with Crippen LogP contribution in [0.25, 0.3) is 0 Å². The number of carbonyl (C=O) groups is 6. The van der Waals surface area contributed by atoms with Gasteiger partial charge in [0.15, 0.2) is 11.6 Å². The van der Waals surface area contributed by atoms with E-state index in [0.29, 0.717) is 30.9 Å². The van der Waals surface area contributed by atoms with Crippen molar-refractivity contribution in [2.45, 2.75) is 30.6 Å². The summed E-state index contributed by atoms with van der Waals surface area (Å²) >= 11 is 0. The Labute approximate surface area is 247 Å². The molecule has 8 atom stereocenters. The van der Waals surface area contributed by atoms with Gasteiger partial charge in [-0.25, -0.2) is 9.80 Å². The average Bonchev–Trinajstić information content (AvgIpc) is 3.60. The summed E-state index contributed by atoms with van der Waals surface area (Å²) in [6.45, 7) is 0.844.